The minimum Gasteiger partial charge on any atom is -0.497 e. The van der Waals surface area contributed by atoms with Crippen LogP contribution in [0.4, 0.5) is 0 Å². The smallest absolute Gasteiger partial charge is 0.339 e. The molecule has 0 atom stereocenters. The number of esters is 1. The van der Waals surface area contributed by atoms with Gasteiger partial charge >= 0.3 is 5.97 Å². The van der Waals surface area contributed by atoms with E-state index in [0.717, 1.165) is 5.39 Å². The molecule has 3 rings (SSSR count). The van der Waals surface area contributed by atoms with Gasteiger partial charge in [0.25, 0.3) is 0 Å². The number of furan rings is 1. The second kappa shape index (κ2) is 6.22. The molecule has 0 spiro atoms. The van der Waals surface area contributed by atoms with Crippen LogP contribution in [-0.4, -0.2) is 20.2 Å². The molecule has 1 heterocycles. The first-order valence-corrected chi connectivity index (χ1v) is 7.11. The van der Waals surface area contributed by atoms with Gasteiger partial charge in [-0.05, 0) is 24.3 Å². The minimum absolute atomic E-state index is 0.243. The first-order valence-electron chi connectivity index (χ1n) is 6.73. The van der Waals surface area contributed by atoms with Crippen molar-refractivity contribution in [3.8, 4) is 17.2 Å². The molecule has 0 unspecified atom stereocenters. The average Bonchev–Trinajstić information content (AvgIpc) is 3.03. The van der Waals surface area contributed by atoms with E-state index in [1.165, 1.54) is 7.11 Å². The van der Waals surface area contributed by atoms with Gasteiger partial charge in [-0.15, -0.1) is 0 Å². The van der Waals surface area contributed by atoms with Crippen LogP contribution in [0.1, 0.15) is 10.4 Å². The van der Waals surface area contributed by atoms with Crippen molar-refractivity contribution in [1.29, 1.82) is 0 Å². The van der Waals surface area contributed by atoms with Crippen LogP contribution < -0.4 is 9.47 Å². The van der Waals surface area contributed by atoms with Gasteiger partial charge in [0, 0.05) is 17.5 Å². The largest absolute Gasteiger partial charge is 0.497 e. The highest BCUT2D eigenvalue weighted by atomic mass is 35.5. The van der Waals surface area contributed by atoms with Crippen molar-refractivity contribution in [1.82, 2.24) is 0 Å². The van der Waals surface area contributed by atoms with Crippen molar-refractivity contribution < 1.29 is 23.4 Å². The van der Waals surface area contributed by atoms with E-state index >= 15 is 0 Å². The van der Waals surface area contributed by atoms with Crippen molar-refractivity contribution in [3.05, 3.63) is 53.2 Å². The number of ether oxygens (including phenoxy) is 3. The highest BCUT2D eigenvalue weighted by Crippen LogP contribution is 2.36. The first kappa shape index (κ1) is 15.2. The molecule has 0 aliphatic heterocycles. The summed E-state index contributed by atoms with van der Waals surface area (Å²) < 4.78 is 21.2. The molecule has 0 N–H and O–H groups in total. The molecule has 0 saturated carbocycles. The fourth-order valence-electron chi connectivity index (χ4n) is 2.18. The van der Waals surface area contributed by atoms with Crippen LogP contribution in [0, 0.1) is 0 Å². The van der Waals surface area contributed by atoms with E-state index in [1.54, 1.807) is 37.6 Å². The van der Waals surface area contributed by atoms with Crippen LogP contribution in [0.15, 0.2) is 47.1 Å². The van der Waals surface area contributed by atoms with Crippen LogP contribution in [0.5, 0.6) is 17.2 Å². The predicted octanol–water partition coefficient (Wildman–Crippen LogP) is 4.67. The number of carbonyl (C=O) groups excluding carboxylic acids is 1. The Bertz CT molecular complexity index is 869. The summed E-state index contributed by atoms with van der Waals surface area (Å²) in [5.74, 6) is 1.10. The maximum atomic E-state index is 11.5. The Morgan fingerprint density at radius 3 is 2.61 bits per heavy atom. The summed E-state index contributed by atoms with van der Waals surface area (Å²) in [6.07, 6.45) is 1.57. The molecule has 0 bridgehead atoms. The number of methoxy groups -OCH3 is 2. The maximum absolute atomic E-state index is 11.5. The van der Waals surface area contributed by atoms with Gasteiger partial charge in [0.05, 0.1) is 31.1 Å². The Labute approximate surface area is 137 Å². The lowest BCUT2D eigenvalue weighted by atomic mass is 10.2. The minimum atomic E-state index is -0.503. The van der Waals surface area contributed by atoms with Gasteiger partial charge in [0.1, 0.15) is 11.5 Å². The molecule has 0 aliphatic rings. The van der Waals surface area contributed by atoms with Gasteiger partial charge in [-0.25, -0.2) is 4.79 Å². The number of halogens is 1. The van der Waals surface area contributed by atoms with E-state index in [9.17, 15) is 4.79 Å². The van der Waals surface area contributed by atoms with E-state index in [-0.39, 0.29) is 10.6 Å². The van der Waals surface area contributed by atoms with E-state index < -0.39 is 5.97 Å². The molecule has 0 amide bonds. The molecule has 0 saturated heterocycles. The number of benzene rings is 2. The molecule has 0 aliphatic carbocycles. The number of fused-ring (bicyclic) bond motifs is 1. The molecular formula is C17H13ClO5. The Balaban J connectivity index is 1.97. The summed E-state index contributed by atoms with van der Waals surface area (Å²) in [4.78, 5) is 11.5. The second-order valence-corrected chi connectivity index (χ2v) is 5.11. The molecule has 23 heavy (non-hydrogen) atoms. The molecule has 5 nitrogen and oxygen atoms in total. The van der Waals surface area contributed by atoms with Crippen molar-refractivity contribution in [2.24, 2.45) is 0 Å². The van der Waals surface area contributed by atoms with E-state index in [1.807, 2.05) is 12.1 Å². The highest BCUT2D eigenvalue weighted by molar-refractivity contribution is 6.33. The molecule has 118 valence electrons. The third-order valence-corrected chi connectivity index (χ3v) is 3.61. The Hall–Kier alpha value is -2.66. The van der Waals surface area contributed by atoms with E-state index in [0.29, 0.717) is 22.8 Å². The lowest BCUT2D eigenvalue weighted by Gasteiger charge is -2.10. The van der Waals surface area contributed by atoms with Crippen molar-refractivity contribution in [2.45, 2.75) is 0 Å². The van der Waals surface area contributed by atoms with Gasteiger partial charge in [-0.2, -0.15) is 0 Å². The van der Waals surface area contributed by atoms with Crippen LogP contribution in [0.2, 0.25) is 5.02 Å². The quantitative estimate of drug-likeness (QED) is 0.649. The maximum Gasteiger partial charge on any atom is 0.339 e. The number of carbonyl (C=O) groups is 1. The molecule has 0 radical (unpaired) electrons. The first-order chi connectivity index (χ1) is 11.1. The van der Waals surface area contributed by atoms with Crippen LogP contribution >= 0.6 is 11.6 Å². The summed E-state index contributed by atoms with van der Waals surface area (Å²) in [5.41, 5.74) is 0.870. The van der Waals surface area contributed by atoms with E-state index in [4.69, 9.17) is 25.5 Å². The normalized spacial score (nSPS) is 10.6. The fourth-order valence-corrected chi connectivity index (χ4v) is 2.43. The summed E-state index contributed by atoms with van der Waals surface area (Å²) in [7, 11) is 2.88. The van der Waals surface area contributed by atoms with Crippen molar-refractivity contribution in [2.75, 3.05) is 14.2 Å². The van der Waals surface area contributed by atoms with Gasteiger partial charge in [-0.3, -0.25) is 0 Å². The van der Waals surface area contributed by atoms with E-state index in [2.05, 4.69) is 4.74 Å². The summed E-state index contributed by atoms with van der Waals surface area (Å²) in [6, 6.07) is 10.1. The van der Waals surface area contributed by atoms with Crippen molar-refractivity contribution >= 4 is 28.5 Å². The third-order valence-electron chi connectivity index (χ3n) is 3.30. The topological polar surface area (TPSA) is 57.9 Å². The lowest BCUT2D eigenvalue weighted by molar-refractivity contribution is 0.0601. The van der Waals surface area contributed by atoms with Crippen molar-refractivity contribution in [3.63, 3.8) is 0 Å². The van der Waals surface area contributed by atoms with Crippen LogP contribution in [0.25, 0.3) is 11.0 Å². The Morgan fingerprint density at radius 1 is 1.09 bits per heavy atom. The highest BCUT2D eigenvalue weighted by Gasteiger charge is 2.14. The molecule has 6 heteroatoms. The number of hydrogen-bond donors (Lipinski definition) is 0. The third kappa shape index (κ3) is 2.96. The molecule has 3 aromatic rings. The lowest BCUT2D eigenvalue weighted by Crippen LogP contribution is -2.01. The van der Waals surface area contributed by atoms with Gasteiger partial charge in [0.2, 0.25) is 0 Å². The average molecular weight is 333 g/mol. The SMILES string of the molecule is COC(=O)c1ccc(Oc2cc(OC)cc3ccoc23)cc1Cl. The molecule has 1 aromatic heterocycles. The summed E-state index contributed by atoms with van der Waals surface area (Å²) in [6.45, 7) is 0. The second-order valence-electron chi connectivity index (χ2n) is 4.70. The zero-order valence-corrected chi connectivity index (χ0v) is 13.2. The van der Waals surface area contributed by atoms with Gasteiger partial charge in [0.15, 0.2) is 11.3 Å². The monoisotopic (exact) mass is 332 g/mol. The molecule has 0 fully saturated rings. The fraction of sp³-hybridized carbons (Fsp3) is 0.118. The molecule has 2 aromatic carbocycles. The molecular weight excluding hydrogens is 320 g/mol. The predicted molar refractivity (Wildman–Crippen MR) is 85.6 cm³/mol. The zero-order valence-electron chi connectivity index (χ0n) is 12.5. The van der Waals surface area contributed by atoms with Gasteiger partial charge in [-0.1, -0.05) is 11.6 Å². The van der Waals surface area contributed by atoms with Gasteiger partial charge < -0.3 is 18.6 Å². The number of rotatable bonds is 4. The van der Waals surface area contributed by atoms with Crippen LogP contribution in [-0.2, 0) is 4.74 Å². The number of hydrogen-bond acceptors (Lipinski definition) is 5. The van der Waals surface area contributed by atoms with Crippen LogP contribution in [0.3, 0.4) is 0 Å². The standard InChI is InChI=1S/C17H13ClO5/c1-20-12-7-10-5-6-22-16(10)15(9-12)23-11-3-4-13(14(18)8-11)17(19)21-2/h3-9H,1-2H3. The Kier molecular flexibility index (Phi) is 4.12. The summed E-state index contributed by atoms with van der Waals surface area (Å²) in [5, 5.41) is 1.10. The Morgan fingerprint density at radius 2 is 1.91 bits per heavy atom. The zero-order chi connectivity index (χ0) is 16.4. The summed E-state index contributed by atoms with van der Waals surface area (Å²) >= 11 is 6.10.